The van der Waals surface area contributed by atoms with Crippen LogP contribution in [0, 0.1) is 23.7 Å². The van der Waals surface area contributed by atoms with E-state index in [1.807, 2.05) is 110 Å². The summed E-state index contributed by atoms with van der Waals surface area (Å²) in [6.07, 6.45) is -3.03. The first kappa shape index (κ1) is 78.3. The van der Waals surface area contributed by atoms with Crippen LogP contribution < -0.4 is 0 Å². The molecule has 4 amide bonds. The van der Waals surface area contributed by atoms with E-state index >= 15 is 9.59 Å². The predicted octanol–water partition coefficient (Wildman–Crippen LogP) is 10.6. The summed E-state index contributed by atoms with van der Waals surface area (Å²) in [7, 11) is 5.64. The number of likely N-dealkylation sites (N-methyl/N-ethyl adjacent to an activating group) is 4. The third kappa shape index (κ3) is 24.6. The minimum atomic E-state index is -1.54. The Labute approximate surface area is 563 Å². The molecule has 0 spiro atoms. The van der Waals surface area contributed by atoms with Gasteiger partial charge in [-0.05, 0) is 149 Å². The highest BCUT2D eigenvalue weighted by Crippen LogP contribution is 2.31. The first-order valence-electron chi connectivity index (χ1n) is 33.9. The zero-order chi connectivity index (χ0) is 70.4. The summed E-state index contributed by atoms with van der Waals surface area (Å²) < 4.78 is 46.4. The Hall–Kier alpha value is -7.39. The van der Waals surface area contributed by atoms with Gasteiger partial charge in [-0.1, -0.05) is 134 Å². The Bertz CT molecular complexity index is 2970. The van der Waals surface area contributed by atoms with Crippen molar-refractivity contribution in [3.8, 4) is 0 Å². The smallest absolute Gasteiger partial charge is 0.410 e. The van der Waals surface area contributed by atoms with Crippen molar-refractivity contribution in [2.45, 2.75) is 227 Å². The number of ether oxygens (including phenoxy) is 8. The van der Waals surface area contributed by atoms with E-state index in [0.717, 1.165) is 47.3 Å². The van der Waals surface area contributed by atoms with Crippen molar-refractivity contribution in [1.29, 1.82) is 0 Å². The van der Waals surface area contributed by atoms with Gasteiger partial charge >= 0.3 is 35.9 Å². The van der Waals surface area contributed by atoms with Crippen LogP contribution in [0.1, 0.15) is 181 Å². The lowest BCUT2D eigenvalue weighted by atomic mass is 9.90. The molecule has 2 fully saturated rings. The predicted molar refractivity (Wildman–Crippen MR) is 358 cm³/mol. The van der Waals surface area contributed by atoms with E-state index in [1.165, 1.54) is 56.7 Å². The number of carbonyl (C=O) groups is 9. The molecule has 2 saturated heterocycles. The Morgan fingerprint density at radius 3 is 1.12 bits per heavy atom. The molecule has 526 valence electrons. The molecule has 1 unspecified atom stereocenters. The van der Waals surface area contributed by atoms with E-state index < -0.39 is 108 Å². The largest absolute Gasteiger partial charge is 0.458 e. The molecule has 0 aliphatic carbocycles. The minimum Gasteiger partial charge on any atom is -0.458 e. The van der Waals surface area contributed by atoms with Gasteiger partial charge in [-0.15, -0.1) is 0 Å². The molecule has 0 N–H and O–H groups in total. The van der Waals surface area contributed by atoms with Crippen molar-refractivity contribution in [1.82, 2.24) is 19.6 Å². The summed E-state index contributed by atoms with van der Waals surface area (Å²) in [4.78, 5) is 134. The summed E-state index contributed by atoms with van der Waals surface area (Å²) in [5.41, 5.74) is 3.38. The van der Waals surface area contributed by atoms with Crippen LogP contribution in [0.15, 0.2) is 78.9 Å². The molecule has 5 rings (SSSR count). The van der Waals surface area contributed by atoms with Crippen LogP contribution >= 0.6 is 0 Å². The Morgan fingerprint density at radius 1 is 0.421 bits per heavy atom. The number of rotatable bonds is 32. The molecule has 0 aromatic heterocycles. The zero-order valence-electron chi connectivity index (χ0n) is 59.4. The number of hydrogen-bond acceptors (Lipinski definition) is 17. The van der Waals surface area contributed by atoms with Crippen LogP contribution in [0.5, 0.6) is 0 Å². The van der Waals surface area contributed by atoms with Crippen LogP contribution in [0.4, 0.5) is 4.79 Å². The summed E-state index contributed by atoms with van der Waals surface area (Å²) in [6, 6.07) is 19.4. The maximum absolute atomic E-state index is 15.1. The molecule has 21 nitrogen and oxygen atoms in total. The molecular formula is C74H108N4O17. The maximum atomic E-state index is 15.1. The Kier molecular flexibility index (Phi) is 30.7. The highest BCUT2D eigenvalue weighted by Gasteiger charge is 2.43. The number of carbonyl (C=O) groups excluding carboxylic acids is 9. The average molecular weight is 1330 g/mol. The summed E-state index contributed by atoms with van der Waals surface area (Å²) >= 11 is 0. The molecule has 8 atom stereocenters. The first-order valence-corrected chi connectivity index (χ1v) is 33.9. The van der Waals surface area contributed by atoms with Gasteiger partial charge in [0.25, 0.3) is 17.7 Å². The van der Waals surface area contributed by atoms with Crippen molar-refractivity contribution in [3.05, 3.63) is 107 Å². The number of benzene rings is 3. The number of amides is 4. The third-order valence-electron chi connectivity index (χ3n) is 17.2. The molecule has 2 heterocycles. The SMILES string of the molecule is CC(C)C[C@@H](C(=O)O[C@H](Cc1ccc(C2CCOCC2)cc1)C(=O)N(C)[C@@H](CC(C)C)C(=O)O[C@H](C)C(=O)N(C)[C@@H](CC(C)C)C(=O)O[C@H](Cc1ccc(C2CCOCC2)cc1)C(=O)N(C)[C@@H](CC(C)C)C(=O)OC(C)C(=O)OCc1ccccc1)N(C)C(=O)OC(C)(C)C. The fourth-order valence-electron chi connectivity index (χ4n) is 11.7. The Balaban J connectivity index is 1.41. The van der Waals surface area contributed by atoms with Gasteiger partial charge in [0.05, 0.1) is 0 Å². The van der Waals surface area contributed by atoms with Gasteiger partial charge in [0.1, 0.15) is 36.4 Å². The van der Waals surface area contributed by atoms with E-state index in [2.05, 4.69) is 0 Å². The standard InChI is InChI=1S/C74H108N4O17/c1-46(2)39-59(76(15)67(81)64(44-53-25-29-56(30-26-53)58-33-37-89-38-34-58)94-72(86)62(42-49(7)8)78(17)73(87)95-74(11,12)13)69(83)91-50(9)65(79)75(14)61(41-48(5)6)71(85)93-63(43-52-23-27-55(28-24-52)57-31-35-88-36-32-57)66(80)77(16)60(40-47(3)4)70(84)92-51(10)68(82)90-45-54-21-19-18-20-22-54/h18-30,46-51,57-64H,31-45H2,1-17H3/t50-,51?,59+,60+,61+,62+,63-,64-/m1/s1. The monoisotopic (exact) mass is 1320 g/mol. The van der Waals surface area contributed by atoms with Gasteiger partial charge in [-0.2, -0.15) is 0 Å². The van der Waals surface area contributed by atoms with Crippen molar-refractivity contribution >= 4 is 53.7 Å². The molecule has 0 bridgehead atoms. The van der Waals surface area contributed by atoms with Crippen LogP contribution in [-0.2, 0) is 95.7 Å². The highest BCUT2D eigenvalue weighted by molar-refractivity contribution is 5.93. The highest BCUT2D eigenvalue weighted by atomic mass is 16.6. The van der Waals surface area contributed by atoms with Gasteiger partial charge in [0, 0.05) is 67.5 Å². The van der Waals surface area contributed by atoms with Crippen LogP contribution in [-0.4, -0.2) is 182 Å². The molecule has 3 aromatic rings. The second-order valence-electron chi connectivity index (χ2n) is 28.3. The molecular weight excluding hydrogens is 1220 g/mol. The quantitative estimate of drug-likeness (QED) is 0.0417. The van der Waals surface area contributed by atoms with Crippen molar-refractivity contribution in [2.75, 3.05) is 54.6 Å². The van der Waals surface area contributed by atoms with E-state index in [-0.39, 0.29) is 74.7 Å². The lowest BCUT2D eigenvalue weighted by Crippen LogP contribution is -2.54. The van der Waals surface area contributed by atoms with Gasteiger partial charge in [-0.3, -0.25) is 19.3 Å². The lowest BCUT2D eigenvalue weighted by Gasteiger charge is -2.34. The summed E-state index contributed by atoms with van der Waals surface area (Å²) in [5.74, 6) is -6.75. The topological polar surface area (TPSA) is 240 Å². The molecule has 2 aliphatic heterocycles. The van der Waals surface area contributed by atoms with Crippen LogP contribution in [0.25, 0.3) is 0 Å². The van der Waals surface area contributed by atoms with E-state index in [4.69, 9.17) is 37.9 Å². The van der Waals surface area contributed by atoms with Crippen LogP contribution in [0.2, 0.25) is 0 Å². The molecule has 2 aliphatic rings. The van der Waals surface area contributed by atoms with Gasteiger partial charge in [-0.25, -0.2) is 28.8 Å². The minimum absolute atomic E-state index is 0.0456. The van der Waals surface area contributed by atoms with Crippen molar-refractivity contribution < 1.29 is 81.0 Å². The Morgan fingerprint density at radius 2 is 0.758 bits per heavy atom. The number of esters is 5. The molecule has 95 heavy (non-hydrogen) atoms. The summed E-state index contributed by atoms with van der Waals surface area (Å²) in [5, 5.41) is 0. The van der Waals surface area contributed by atoms with E-state index in [1.54, 1.807) is 45.0 Å². The molecule has 3 aromatic carbocycles. The maximum Gasteiger partial charge on any atom is 0.410 e. The van der Waals surface area contributed by atoms with Crippen LogP contribution in [0.3, 0.4) is 0 Å². The number of nitrogens with zero attached hydrogens (tertiary/aromatic N) is 4. The van der Waals surface area contributed by atoms with Gasteiger partial charge in [0.15, 0.2) is 24.4 Å². The van der Waals surface area contributed by atoms with E-state index in [9.17, 15) is 33.6 Å². The first-order chi connectivity index (χ1) is 44.7. The lowest BCUT2D eigenvalue weighted by molar-refractivity contribution is -0.175. The fourth-order valence-corrected chi connectivity index (χ4v) is 11.7. The normalized spacial score (nSPS) is 16.5. The zero-order valence-corrected chi connectivity index (χ0v) is 59.4. The second kappa shape index (κ2) is 37.2. The van der Waals surface area contributed by atoms with E-state index in [0.29, 0.717) is 43.5 Å². The third-order valence-corrected chi connectivity index (χ3v) is 17.2. The van der Waals surface area contributed by atoms with Gasteiger partial charge in [0.2, 0.25) is 0 Å². The second-order valence-corrected chi connectivity index (χ2v) is 28.3. The fraction of sp³-hybridized carbons (Fsp3) is 0.635. The van der Waals surface area contributed by atoms with Gasteiger partial charge < -0.3 is 52.6 Å². The average Bonchev–Trinajstić information content (AvgIpc) is 1.03. The van der Waals surface area contributed by atoms with Crippen molar-refractivity contribution in [2.24, 2.45) is 23.7 Å². The summed E-state index contributed by atoms with van der Waals surface area (Å²) in [6.45, 7) is 25.3. The van der Waals surface area contributed by atoms with Crippen molar-refractivity contribution in [3.63, 3.8) is 0 Å². The molecule has 21 heteroatoms. The number of hydrogen-bond donors (Lipinski definition) is 0. The molecule has 0 radical (unpaired) electrons. The molecule has 0 saturated carbocycles.